The molecule has 0 atom stereocenters. The van der Waals surface area contributed by atoms with Crippen LogP contribution >= 0.6 is 0 Å². The zero-order valence-corrected chi connectivity index (χ0v) is 16.9. The number of benzene rings is 1. The van der Waals surface area contributed by atoms with Gasteiger partial charge in [-0.2, -0.15) is 4.31 Å². The number of hydrogen-bond donors (Lipinski definition) is 1. The van der Waals surface area contributed by atoms with Crippen molar-refractivity contribution in [1.29, 1.82) is 0 Å². The molecule has 3 fully saturated rings. The highest BCUT2D eigenvalue weighted by Crippen LogP contribution is 2.32. The number of rotatable bonds is 6. The minimum atomic E-state index is -2.97. The van der Waals surface area contributed by atoms with Gasteiger partial charge in [-0.15, -0.1) is 0 Å². The van der Waals surface area contributed by atoms with Crippen LogP contribution in [0.3, 0.4) is 0 Å². The summed E-state index contributed by atoms with van der Waals surface area (Å²) in [6.45, 7) is 1.69. The third-order valence-electron chi connectivity index (χ3n) is 6.42. The van der Waals surface area contributed by atoms with E-state index in [9.17, 15) is 8.42 Å². The van der Waals surface area contributed by atoms with E-state index in [1.165, 1.54) is 25.7 Å². The Morgan fingerprint density at radius 1 is 0.963 bits per heavy atom. The molecule has 1 heterocycles. The van der Waals surface area contributed by atoms with E-state index in [1.807, 2.05) is 0 Å². The maximum atomic E-state index is 12.1. The molecule has 0 bridgehead atoms. The molecular formula is C21H32N2O3S. The highest BCUT2D eigenvalue weighted by Gasteiger charge is 2.36. The summed E-state index contributed by atoms with van der Waals surface area (Å²) >= 11 is 0. The molecule has 3 aliphatic rings. The van der Waals surface area contributed by atoms with Crippen molar-refractivity contribution in [3.05, 3.63) is 24.3 Å². The fraction of sp³-hybridized carbons (Fsp3) is 0.714. The van der Waals surface area contributed by atoms with Crippen molar-refractivity contribution < 1.29 is 13.2 Å². The van der Waals surface area contributed by atoms with Gasteiger partial charge in [0.05, 0.1) is 11.9 Å². The van der Waals surface area contributed by atoms with Gasteiger partial charge in [0.15, 0.2) is 0 Å². The molecule has 1 N–H and O–H groups in total. The van der Waals surface area contributed by atoms with Crippen molar-refractivity contribution in [2.24, 2.45) is 5.92 Å². The molecule has 0 radical (unpaired) electrons. The van der Waals surface area contributed by atoms with Gasteiger partial charge in [0, 0.05) is 24.8 Å². The van der Waals surface area contributed by atoms with E-state index < -0.39 is 10.0 Å². The summed E-state index contributed by atoms with van der Waals surface area (Å²) in [5.41, 5.74) is 1.14. The fourth-order valence-corrected chi connectivity index (χ4v) is 6.62. The summed E-state index contributed by atoms with van der Waals surface area (Å²) in [5, 5.41) is 3.55. The Labute approximate surface area is 163 Å². The van der Waals surface area contributed by atoms with Gasteiger partial charge in [0.2, 0.25) is 10.0 Å². The molecule has 0 unspecified atom stereocenters. The van der Waals surface area contributed by atoms with Crippen LogP contribution in [0.1, 0.15) is 57.8 Å². The highest BCUT2D eigenvalue weighted by molar-refractivity contribution is 7.89. The van der Waals surface area contributed by atoms with Crippen LogP contribution in [0.25, 0.3) is 0 Å². The number of nitrogens with one attached hydrogen (secondary N) is 1. The number of hydrogen-bond acceptors (Lipinski definition) is 4. The third kappa shape index (κ3) is 4.77. The summed E-state index contributed by atoms with van der Waals surface area (Å²) in [6.07, 6.45) is 10.3. The second-order valence-corrected chi connectivity index (χ2v) is 10.4. The molecule has 6 heteroatoms. The van der Waals surface area contributed by atoms with Gasteiger partial charge in [-0.25, -0.2) is 8.42 Å². The monoisotopic (exact) mass is 392 g/mol. The van der Waals surface area contributed by atoms with Gasteiger partial charge in [-0.05, 0) is 88.0 Å². The van der Waals surface area contributed by atoms with Crippen LogP contribution in [0.15, 0.2) is 24.3 Å². The van der Waals surface area contributed by atoms with Crippen molar-refractivity contribution in [2.75, 3.05) is 24.2 Å². The molecule has 5 nitrogen and oxygen atoms in total. The van der Waals surface area contributed by atoms with Gasteiger partial charge in [0.25, 0.3) is 0 Å². The van der Waals surface area contributed by atoms with Crippen LogP contribution in [-0.4, -0.2) is 43.7 Å². The highest BCUT2D eigenvalue weighted by atomic mass is 32.2. The van der Waals surface area contributed by atoms with E-state index in [0.717, 1.165) is 56.6 Å². The van der Waals surface area contributed by atoms with Crippen LogP contribution in [0.2, 0.25) is 0 Å². The zero-order chi connectivity index (χ0) is 18.7. The predicted octanol–water partition coefficient (Wildman–Crippen LogP) is 4.01. The Morgan fingerprint density at radius 2 is 1.67 bits per heavy atom. The standard InChI is InChI=1S/C21H32N2O3S/c24-27(25)15-3-14-23(27)19-10-6-17(7-11-19)16-22-18-8-12-21(13-9-18)26-20-4-1-2-5-20/h8-9,12-13,17,19-20,22H,1-7,10-11,14-16H2/t17-,19-. The zero-order valence-electron chi connectivity index (χ0n) is 16.1. The number of anilines is 1. The van der Waals surface area contributed by atoms with E-state index in [-0.39, 0.29) is 6.04 Å². The van der Waals surface area contributed by atoms with Gasteiger partial charge < -0.3 is 10.1 Å². The molecule has 4 rings (SSSR count). The summed E-state index contributed by atoms with van der Waals surface area (Å²) in [7, 11) is -2.97. The third-order valence-corrected chi connectivity index (χ3v) is 8.42. The van der Waals surface area contributed by atoms with Gasteiger partial charge >= 0.3 is 0 Å². The first kappa shape index (κ1) is 19.1. The normalized spacial score (nSPS) is 29.0. The number of nitrogens with zero attached hydrogens (tertiary/aromatic N) is 1. The Morgan fingerprint density at radius 3 is 2.30 bits per heavy atom. The van der Waals surface area contributed by atoms with Crippen molar-refractivity contribution in [3.63, 3.8) is 0 Å². The average Bonchev–Trinajstić information content (AvgIpc) is 3.30. The topological polar surface area (TPSA) is 58.6 Å². The first-order valence-corrected chi connectivity index (χ1v) is 12.2. The maximum Gasteiger partial charge on any atom is 0.214 e. The van der Waals surface area contributed by atoms with Crippen LogP contribution in [0.5, 0.6) is 5.75 Å². The summed E-state index contributed by atoms with van der Waals surface area (Å²) in [5.74, 6) is 1.94. The average molecular weight is 393 g/mol. The lowest BCUT2D eigenvalue weighted by Gasteiger charge is -2.33. The molecule has 0 aromatic heterocycles. The van der Waals surface area contributed by atoms with E-state index >= 15 is 0 Å². The Hall–Kier alpha value is -1.27. The lowest BCUT2D eigenvalue weighted by atomic mass is 9.86. The van der Waals surface area contributed by atoms with Crippen LogP contribution in [-0.2, 0) is 10.0 Å². The Kier molecular flexibility index (Phi) is 5.93. The SMILES string of the molecule is O=S1(=O)CCCN1[C@H]1CC[C@H](CNc2ccc(OC3CCCC3)cc2)CC1. The maximum absolute atomic E-state index is 12.1. The fourth-order valence-electron chi connectivity index (χ4n) is 4.82. The first-order chi connectivity index (χ1) is 13.1. The molecule has 150 valence electrons. The lowest BCUT2D eigenvalue weighted by Crippen LogP contribution is -2.39. The van der Waals surface area contributed by atoms with E-state index in [1.54, 1.807) is 4.31 Å². The predicted molar refractivity (Wildman–Crippen MR) is 109 cm³/mol. The Bertz CT molecular complexity index is 705. The molecule has 1 aliphatic heterocycles. The van der Waals surface area contributed by atoms with Gasteiger partial charge in [0.1, 0.15) is 5.75 Å². The minimum absolute atomic E-state index is 0.237. The first-order valence-electron chi connectivity index (χ1n) is 10.6. The number of sulfonamides is 1. The summed E-state index contributed by atoms with van der Waals surface area (Å²) in [6, 6.07) is 8.58. The van der Waals surface area contributed by atoms with Crippen molar-refractivity contribution >= 4 is 15.7 Å². The molecule has 0 spiro atoms. The van der Waals surface area contributed by atoms with E-state index in [2.05, 4.69) is 29.6 Å². The molecule has 2 aliphatic carbocycles. The summed E-state index contributed by atoms with van der Waals surface area (Å²) < 4.78 is 32.0. The molecule has 1 saturated heterocycles. The molecule has 27 heavy (non-hydrogen) atoms. The van der Waals surface area contributed by atoms with Crippen LogP contribution in [0.4, 0.5) is 5.69 Å². The van der Waals surface area contributed by atoms with Gasteiger partial charge in [-0.1, -0.05) is 0 Å². The second kappa shape index (κ2) is 8.39. The molecule has 1 aromatic carbocycles. The lowest BCUT2D eigenvalue weighted by molar-refractivity contribution is 0.210. The molecular weight excluding hydrogens is 360 g/mol. The van der Waals surface area contributed by atoms with Crippen molar-refractivity contribution in [2.45, 2.75) is 69.9 Å². The smallest absolute Gasteiger partial charge is 0.214 e. The molecule has 0 amide bonds. The Balaban J connectivity index is 1.21. The van der Waals surface area contributed by atoms with Crippen LogP contribution in [0, 0.1) is 5.92 Å². The minimum Gasteiger partial charge on any atom is -0.490 e. The molecule has 2 saturated carbocycles. The van der Waals surface area contributed by atoms with Crippen LogP contribution < -0.4 is 10.1 Å². The second-order valence-electron chi connectivity index (χ2n) is 8.38. The van der Waals surface area contributed by atoms with Crippen molar-refractivity contribution in [3.8, 4) is 5.75 Å². The van der Waals surface area contributed by atoms with Crippen molar-refractivity contribution in [1.82, 2.24) is 4.31 Å². The van der Waals surface area contributed by atoms with Gasteiger partial charge in [-0.3, -0.25) is 0 Å². The summed E-state index contributed by atoms with van der Waals surface area (Å²) in [4.78, 5) is 0. The number of ether oxygens (including phenoxy) is 1. The quantitative estimate of drug-likeness (QED) is 0.794. The van der Waals surface area contributed by atoms with E-state index in [4.69, 9.17) is 4.74 Å². The molecule has 1 aromatic rings. The van der Waals surface area contributed by atoms with E-state index in [0.29, 0.717) is 17.8 Å². The largest absolute Gasteiger partial charge is 0.490 e.